The number of thioether (sulfide) groups is 1. The third-order valence-corrected chi connectivity index (χ3v) is 5.96. The lowest BCUT2D eigenvalue weighted by Gasteiger charge is -2.26. The first kappa shape index (κ1) is 17.2. The van der Waals surface area contributed by atoms with E-state index in [1.165, 1.54) is 11.8 Å². The number of nitrogens with zero attached hydrogens (tertiary/aromatic N) is 2. The fraction of sp³-hybridized carbons (Fsp3) is 0.471. The summed E-state index contributed by atoms with van der Waals surface area (Å²) in [5.74, 6) is 0.437. The first-order valence-electron chi connectivity index (χ1n) is 7.90. The summed E-state index contributed by atoms with van der Waals surface area (Å²) in [6.45, 7) is 7.07. The molecule has 0 unspecified atom stereocenters. The van der Waals surface area contributed by atoms with Crippen molar-refractivity contribution >= 4 is 29.0 Å². The van der Waals surface area contributed by atoms with Crippen LogP contribution < -0.4 is 10.9 Å². The minimum Gasteiger partial charge on any atom is -0.351 e. The molecule has 0 aromatic carbocycles. The number of thiophene rings is 1. The van der Waals surface area contributed by atoms with Crippen molar-refractivity contribution in [3.63, 3.8) is 0 Å². The Morgan fingerprint density at radius 3 is 2.92 bits per heavy atom. The summed E-state index contributed by atoms with van der Waals surface area (Å²) in [4.78, 5) is 30.6. The Balaban J connectivity index is 1.72. The van der Waals surface area contributed by atoms with Gasteiger partial charge >= 0.3 is 0 Å². The molecule has 1 N–H and O–H groups in total. The zero-order valence-corrected chi connectivity index (χ0v) is 15.7. The van der Waals surface area contributed by atoms with E-state index in [2.05, 4.69) is 10.3 Å². The highest BCUT2D eigenvalue weighted by atomic mass is 32.2. The van der Waals surface area contributed by atoms with Crippen molar-refractivity contribution in [2.75, 3.05) is 5.75 Å². The third kappa shape index (κ3) is 3.72. The van der Waals surface area contributed by atoms with E-state index in [0.29, 0.717) is 18.8 Å². The van der Waals surface area contributed by atoms with Crippen molar-refractivity contribution in [3.8, 4) is 0 Å². The number of carbonyl (C=O) groups is 1. The molecule has 1 atom stereocenters. The van der Waals surface area contributed by atoms with E-state index in [4.69, 9.17) is 0 Å². The molecule has 0 radical (unpaired) electrons. The van der Waals surface area contributed by atoms with Crippen LogP contribution in [0.4, 0.5) is 0 Å². The van der Waals surface area contributed by atoms with E-state index in [1.807, 2.05) is 38.3 Å². The molecule has 1 amide bonds. The Morgan fingerprint density at radius 1 is 1.46 bits per heavy atom. The highest BCUT2D eigenvalue weighted by Crippen LogP contribution is 2.28. The number of carbonyl (C=O) groups excluding carboxylic acids is 1. The molecule has 3 rings (SSSR count). The molecule has 7 heteroatoms. The lowest BCUT2D eigenvalue weighted by atomic mass is 9.92. The molecule has 0 bridgehead atoms. The highest BCUT2D eigenvalue weighted by Gasteiger charge is 2.28. The van der Waals surface area contributed by atoms with Gasteiger partial charge in [0.25, 0.3) is 5.56 Å². The number of aromatic nitrogens is 2. The maximum atomic E-state index is 12.4. The number of hydrogen-bond acceptors (Lipinski definition) is 5. The number of nitrogens with one attached hydrogen (secondary N) is 1. The van der Waals surface area contributed by atoms with E-state index in [0.717, 1.165) is 15.7 Å². The molecule has 1 aliphatic heterocycles. The van der Waals surface area contributed by atoms with Crippen LogP contribution in [-0.2, 0) is 23.3 Å². The van der Waals surface area contributed by atoms with Gasteiger partial charge in [-0.25, -0.2) is 4.98 Å². The first-order chi connectivity index (χ1) is 11.3. The normalized spacial score (nSPS) is 17.4. The van der Waals surface area contributed by atoms with Gasteiger partial charge in [0.05, 0.1) is 18.2 Å². The Kier molecular flexibility index (Phi) is 4.83. The average molecular weight is 364 g/mol. The summed E-state index contributed by atoms with van der Waals surface area (Å²) in [6.07, 6.45) is 0. The van der Waals surface area contributed by atoms with Crippen LogP contribution in [0.5, 0.6) is 0 Å². The van der Waals surface area contributed by atoms with Crippen LogP contribution >= 0.6 is 23.1 Å². The van der Waals surface area contributed by atoms with Gasteiger partial charge in [0.15, 0.2) is 5.16 Å². The van der Waals surface area contributed by atoms with Crippen molar-refractivity contribution in [2.45, 2.75) is 44.4 Å². The zero-order valence-electron chi connectivity index (χ0n) is 14.0. The SMILES string of the molecule is CC(C)(C)c1cc(=O)n2c(n1)SC[C@@H](C(=O)NCc1cccs1)C2. The van der Waals surface area contributed by atoms with Gasteiger partial charge in [-0.2, -0.15) is 0 Å². The summed E-state index contributed by atoms with van der Waals surface area (Å²) >= 11 is 3.11. The summed E-state index contributed by atoms with van der Waals surface area (Å²) in [5, 5.41) is 5.67. The van der Waals surface area contributed by atoms with Gasteiger partial charge in [-0.15, -0.1) is 11.3 Å². The molecule has 5 nitrogen and oxygen atoms in total. The van der Waals surface area contributed by atoms with Gasteiger partial charge in [-0.3, -0.25) is 14.2 Å². The van der Waals surface area contributed by atoms with E-state index >= 15 is 0 Å². The molecular formula is C17H21N3O2S2. The maximum Gasteiger partial charge on any atom is 0.254 e. The van der Waals surface area contributed by atoms with E-state index in [-0.39, 0.29) is 22.8 Å². The summed E-state index contributed by atoms with van der Waals surface area (Å²) in [7, 11) is 0. The van der Waals surface area contributed by atoms with Gasteiger partial charge in [0.2, 0.25) is 5.91 Å². The van der Waals surface area contributed by atoms with Crippen LogP contribution in [0.15, 0.2) is 33.5 Å². The fourth-order valence-corrected chi connectivity index (χ4v) is 4.22. The van der Waals surface area contributed by atoms with Gasteiger partial charge < -0.3 is 5.32 Å². The van der Waals surface area contributed by atoms with Crippen LogP contribution in [0.1, 0.15) is 31.3 Å². The summed E-state index contributed by atoms with van der Waals surface area (Å²) in [5.41, 5.74) is 0.560. The molecule has 24 heavy (non-hydrogen) atoms. The second-order valence-corrected chi connectivity index (χ2v) is 8.95. The molecule has 0 saturated heterocycles. The first-order valence-corrected chi connectivity index (χ1v) is 9.76. The lowest BCUT2D eigenvalue weighted by molar-refractivity contribution is -0.125. The van der Waals surface area contributed by atoms with Crippen LogP contribution in [0.25, 0.3) is 0 Å². The summed E-state index contributed by atoms with van der Waals surface area (Å²) < 4.78 is 1.62. The second-order valence-electron chi connectivity index (χ2n) is 6.93. The number of hydrogen-bond donors (Lipinski definition) is 1. The molecule has 1 aliphatic rings. The third-order valence-electron chi connectivity index (χ3n) is 3.95. The zero-order chi connectivity index (χ0) is 17.3. The summed E-state index contributed by atoms with van der Waals surface area (Å²) in [6, 6.07) is 5.56. The van der Waals surface area contributed by atoms with Gasteiger partial charge in [0.1, 0.15) is 0 Å². The topological polar surface area (TPSA) is 64.0 Å². The monoisotopic (exact) mass is 363 g/mol. The lowest BCUT2D eigenvalue weighted by Crippen LogP contribution is -2.40. The minimum absolute atomic E-state index is 0.00616. The van der Waals surface area contributed by atoms with Crippen molar-refractivity contribution < 1.29 is 4.79 Å². The van der Waals surface area contributed by atoms with Crippen LogP contribution in [0, 0.1) is 5.92 Å². The predicted molar refractivity (Wildman–Crippen MR) is 97.6 cm³/mol. The average Bonchev–Trinajstić information content (AvgIpc) is 3.04. The van der Waals surface area contributed by atoms with Crippen molar-refractivity contribution in [2.24, 2.45) is 5.92 Å². The smallest absolute Gasteiger partial charge is 0.254 e. The molecule has 2 aromatic rings. The van der Waals surface area contributed by atoms with Crippen LogP contribution in [0.2, 0.25) is 0 Å². The van der Waals surface area contributed by atoms with Crippen molar-refractivity contribution in [1.82, 2.24) is 14.9 Å². The molecule has 0 fully saturated rings. The quantitative estimate of drug-likeness (QED) is 0.852. The number of rotatable bonds is 3. The Labute approximate surface area is 149 Å². The minimum atomic E-state index is -0.206. The molecule has 3 heterocycles. The van der Waals surface area contributed by atoms with Gasteiger partial charge in [0, 0.05) is 28.7 Å². The predicted octanol–water partition coefficient (Wildman–Crippen LogP) is 2.64. The maximum absolute atomic E-state index is 12.4. The molecule has 0 saturated carbocycles. The van der Waals surface area contributed by atoms with E-state index < -0.39 is 0 Å². The molecule has 2 aromatic heterocycles. The van der Waals surface area contributed by atoms with Gasteiger partial charge in [-0.1, -0.05) is 38.6 Å². The standard InChI is InChI=1S/C17H21N3O2S2/c1-17(2,3)13-7-14(21)20-9-11(10-24-16(20)19-13)15(22)18-8-12-5-4-6-23-12/h4-7,11H,8-10H2,1-3H3,(H,18,22)/t11-/m0/s1. The van der Waals surface area contributed by atoms with E-state index in [1.54, 1.807) is 22.0 Å². The highest BCUT2D eigenvalue weighted by molar-refractivity contribution is 7.99. The Hall–Kier alpha value is -1.60. The second kappa shape index (κ2) is 6.72. The van der Waals surface area contributed by atoms with Gasteiger partial charge in [-0.05, 0) is 11.4 Å². The van der Waals surface area contributed by atoms with Crippen LogP contribution in [-0.4, -0.2) is 21.2 Å². The van der Waals surface area contributed by atoms with E-state index in [9.17, 15) is 9.59 Å². The largest absolute Gasteiger partial charge is 0.351 e. The van der Waals surface area contributed by atoms with Crippen molar-refractivity contribution in [1.29, 1.82) is 0 Å². The van der Waals surface area contributed by atoms with Crippen LogP contribution in [0.3, 0.4) is 0 Å². The molecular weight excluding hydrogens is 342 g/mol. The number of fused-ring (bicyclic) bond motifs is 1. The molecule has 0 aliphatic carbocycles. The Morgan fingerprint density at radius 2 is 2.25 bits per heavy atom. The Bertz CT molecular complexity index is 791. The fourth-order valence-electron chi connectivity index (χ4n) is 2.49. The number of amides is 1. The molecule has 0 spiro atoms. The van der Waals surface area contributed by atoms with Crippen molar-refractivity contribution in [3.05, 3.63) is 44.5 Å². The molecule has 128 valence electrons.